The van der Waals surface area contributed by atoms with Crippen LogP contribution in [0.3, 0.4) is 0 Å². The molecule has 2 unspecified atom stereocenters. The third-order valence-electron chi connectivity index (χ3n) is 4.86. The molecule has 0 N–H and O–H groups in total. The van der Waals surface area contributed by atoms with E-state index in [9.17, 15) is 4.79 Å². The van der Waals surface area contributed by atoms with E-state index in [1.165, 1.54) is 5.56 Å². The summed E-state index contributed by atoms with van der Waals surface area (Å²) in [7, 11) is 0. The number of carbonyl (C=O) groups is 1. The lowest BCUT2D eigenvalue weighted by atomic mass is 10.2. The van der Waals surface area contributed by atoms with Gasteiger partial charge in [0.15, 0.2) is 0 Å². The molecule has 0 spiro atoms. The Morgan fingerprint density at radius 1 is 1.17 bits per heavy atom. The lowest BCUT2D eigenvalue weighted by molar-refractivity contribution is -0.134. The van der Waals surface area contributed by atoms with Gasteiger partial charge in [-0.3, -0.25) is 14.7 Å². The standard InChI is InChI=1S/C18H21N3O2/c22-18(16-12-15(16)17-2-1-11-23-17)21-9-7-20(8-10-21)13-14-3-5-19-6-4-14/h1-6,11,15-16H,7-10,12-13H2. The number of hydrogen-bond donors (Lipinski definition) is 0. The van der Waals surface area contributed by atoms with Gasteiger partial charge in [0.05, 0.1) is 6.26 Å². The van der Waals surface area contributed by atoms with Gasteiger partial charge in [-0.1, -0.05) is 0 Å². The number of amides is 1. The van der Waals surface area contributed by atoms with Gasteiger partial charge >= 0.3 is 0 Å². The van der Waals surface area contributed by atoms with Crippen molar-refractivity contribution in [3.05, 3.63) is 54.2 Å². The number of pyridine rings is 1. The average molecular weight is 311 g/mol. The first-order valence-electron chi connectivity index (χ1n) is 8.25. The van der Waals surface area contributed by atoms with Crippen LogP contribution < -0.4 is 0 Å². The molecule has 4 rings (SSSR count). The van der Waals surface area contributed by atoms with Crippen LogP contribution in [0.15, 0.2) is 47.3 Å². The molecule has 5 nitrogen and oxygen atoms in total. The molecule has 2 atom stereocenters. The number of carbonyl (C=O) groups excluding carboxylic acids is 1. The molecule has 3 heterocycles. The van der Waals surface area contributed by atoms with Crippen LogP contribution in [0.2, 0.25) is 0 Å². The third-order valence-corrected chi connectivity index (χ3v) is 4.86. The molecule has 0 bridgehead atoms. The molecule has 2 aromatic heterocycles. The van der Waals surface area contributed by atoms with Crippen molar-refractivity contribution in [3.63, 3.8) is 0 Å². The molecule has 1 aliphatic carbocycles. The second-order valence-electron chi connectivity index (χ2n) is 6.42. The van der Waals surface area contributed by atoms with Gasteiger partial charge < -0.3 is 9.32 Å². The highest BCUT2D eigenvalue weighted by Gasteiger charge is 2.47. The zero-order valence-electron chi connectivity index (χ0n) is 13.1. The summed E-state index contributed by atoms with van der Waals surface area (Å²) in [5, 5.41) is 0. The van der Waals surface area contributed by atoms with Crippen LogP contribution in [-0.2, 0) is 11.3 Å². The lowest BCUT2D eigenvalue weighted by Gasteiger charge is -2.35. The number of piperazine rings is 1. The molecule has 0 radical (unpaired) electrons. The number of nitrogens with zero attached hydrogens (tertiary/aromatic N) is 3. The van der Waals surface area contributed by atoms with Gasteiger partial charge in [-0.15, -0.1) is 0 Å². The molecule has 1 saturated carbocycles. The number of furan rings is 1. The van der Waals surface area contributed by atoms with Crippen molar-refractivity contribution in [2.24, 2.45) is 5.92 Å². The minimum absolute atomic E-state index is 0.132. The Labute approximate surface area is 135 Å². The maximum absolute atomic E-state index is 12.6. The van der Waals surface area contributed by atoms with Crippen LogP contribution in [-0.4, -0.2) is 46.9 Å². The van der Waals surface area contributed by atoms with Crippen LogP contribution in [0.5, 0.6) is 0 Å². The molecule has 0 aromatic carbocycles. The molecule has 2 aliphatic rings. The maximum atomic E-state index is 12.6. The SMILES string of the molecule is O=C(C1CC1c1ccco1)N1CCN(Cc2ccncc2)CC1. The minimum atomic E-state index is 0.132. The van der Waals surface area contributed by atoms with Crippen molar-refractivity contribution < 1.29 is 9.21 Å². The summed E-state index contributed by atoms with van der Waals surface area (Å²) in [4.78, 5) is 21.1. The summed E-state index contributed by atoms with van der Waals surface area (Å²) < 4.78 is 5.42. The highest BCUT2D eigenvalue weighted by Crippen LogP contribution is 2.48. The van der Waals surface area contributed by atoms with E-state index in [1.54, 1.807) is 6.26 Å². The van der Waals surface area contributed by atoms with Gasteiger partial charge in [-0.25, -0.2) is 0 Å². The van der Waals surface area contributed by atoms with Crippen LogP contribution >= 0.6 is 0 Å². The van der Waals surface area contributed by atoms with Gasteiger partial charge in [-0.05, 0) is 36.2 Å². The fraction of sp³-hybridized carbons (Fsp3) is 0.444. The van der Waals surface area contributed by atoms with E-state index in [4.69, 9.17) is 4.42 Å². The largest absolute Gasteiger partial charge is 0.469 e. The highest BCUT2D eigenvalue weighted by molar-refractivity contribution is 5.83. The molecular formula is C18H21N3O2. The Kier molecular flexibility index (Phi) is 3.87. The first kappa shape index (κ1) is 14.5. The molecule has 1 aliphatic heterocycles. The maximum Gasteiger partial charge on any atom is 0.226 e. The summed E-state index contributed by atoms with van der Waals surface area (Å²) in [5.41, 5.74) is 1.28. The predicted molar refractivity (Wildman–Crippen MR) is 85.7 cm³/mol. The summed E-state index contributed by atoms with van der Waals surface area (Å²) in [6.07, 6.45) is 6.28. The number of hydrogen-bond acceptors (Lipinski definition) is 4. The summed E-state index contributed by atoms with van der Waals surface area (Å²) in [6.45, 7) is 4.46. The molecule has 5 heteroatoms. The van der Waals surface area contributed by atoms with Crippen LogP contribution in [0, 0.1) is 5.92 Å². The summed E-state index contributed by atoms with van der Waals surface area (Å²) in [5.74, 6) is 1.69. The van der Waals surface area contributed by atoms with Crippen molar-refractivity contribution in [2.75, 3.05) is 26.2 Å². The van der Waals surface area contributed by atoms with Crippen molar-refractivity contribution in [3.8, 4) is 0 Å². The molecular weight excluding hydrogens is 290 g/mol. The average Bonchev–Trinajstić information content (AvgIpc) is 3.21. The molecule has 2 fully saturated rings. The minimum Gasteiger partial charge on any atom is -0.469 e. The number of aromatic nitrogens is 1. The zero-order valence-corrected chi connectivity index (χ0v) is 13.1. The fourth-order valence-corrected chi connectivity index (χ4v) is 3.39. The summed E-state index contributed by atoms with van der Waals surface area (Å²) >= 11 is 0. The van der Waals surface area contributed by atoms with Crippen molar-refractivity contribution in [1.29, 1.82) is 0 Å². The van der Waals surface area contributed by atoms with Gasteiger partial charge in [-0.2, -0.15) is 0 Å². The zero-order chi connectivity index (χ0) is 15.6. The first-order chi connectivity index (χ1) is 11.3. The Balaban J connectivity index is 1.28. The molecule has 120 valence electrons. The highest BCUT2D eigenvalue weighted by atomic mass is 16.3. The van der Waals surface area contributed by atoms with E-state index in [0.717, 1.165) is 44.9 Å². The molecule has 1 amide bonds. The number of rotatable bonds is 4. The van der Waals surface area contributed by atoms with Gasteiger partial charge in [0, 0.05) is 57.0 Å². The first-order valence-corrected chi connectivity index (χ1v) is 8.25. The second-order valence-corrected chi connectivity index (χ2v) is 6.42. The monoisotopic (exact) mass is 311 g/mol. The van der Waals surface area contributed by atoms with E-state index in [2.05, 4.69) is 22.0 Å². The fourth-order valence-electron chi connectivity index (χ4n) is 3.39. The Hall–Kier alpha value is -2.14. The van der Waals surface area contributed by atoms with E-state index in [0.29, 0.717) is 11.8 Å². The van der Waals surface area contributed by atoms with Crippen LogP contribution in [0.25, 0.3) is 0 Å². The van der Waals surface area contributed by atoms with Crippen molar-refractivity contribution in [1.82, 2.24) is 14.8 Å². The van der Waals surface area contributed by atoms with Gasteiger partial charge in [0.2, 0.25) is 5.91 Å². The van der Waals surface area contributed by atoms with E-state index in [-0.39, 0.29) is 5.92 Å². The molecule has 2 aromatic rings. The van der Waals surface area contributed by atoms with Crippen molar-refractivity contribution >= 4 is 5.91 Å². The topological polar surface area (TPSA) is 49.6 Å². The lowest BCUT2D eigenvalue weighted by Crippen LogP contribution is -2.48. The Morgan fingerprint density at radius 3 is 2.65 bits per heavy atom. The smallest absolute Gasteiger partial charge is 0.226 e. The summed E-state index contributed by atoms with van der Waals surface area (Å²) in [6, 6.07) is 7.98. The Bertz CT molecular complexity index is 648. The second kappa shape index (κ2) is 6.16. The molecule has 23 heavy (non-hydrogen) atoms. The van der Waals surface area contributed by atoms with E-state index in [1.807, 2.05) is 29.4 Å². The molecule has 1 saturated heterocycles. The van der Waals surface area contributed by atoms with Crippen molar-refractivity contribution in [2.45, 2.75) is 18.9 Å². The predicted octanol–water partition coefficient (Wildman–Crippen LogP) is 2.12. The van der Waals surface area contributed by atoms with E-state index >= 15 is 0 Å². The third kappa shape index (κ3) is 3.15. The Morgan fingerprint density at radius 2 is 1.96 bits per heavy atom. The van der Waals surface area contributed by atoms with Crippen LogP contribution in [0.1, 0.15) is 23.7 Å². The van der Waals surface area contributed by atoms with Gasteiger partial charge in [0.1, 0.15) is 5.76 Å². The van der Waals surface area contributed by atoms with Gasteiger partial charge in [0.25, 0.3) is 0 Å². The normalized spacial score (nSPS) is 24.6. The quantitative estimate of drug-likeness (QED) is 0.868. The van der Waals surface area contributed by atoms with Crippen LogP contribution in [0.4, 0.5) is 0 Å². The van der Waals surface area contributed by atoms with E-state index < -0.39 is 0 Å².